The lowest BCUT2D eigenvalue weighted by molar-refractivity contribution is 0.537. The van der Waals surface area contributed by atoms with Crippen molar-refractivity contribution < 1.29 is 5.11 Å². The van der Waals surface area contributed by atoms with Crippen LogP contribution in [0.2, 0.25) is 0 Å². The standard InChI is InChI=1S/C13H11N7O/c14-12-11(13-15-8-3-1-2-4-9(8)16-13)18-17-10-5-7(6-21)19-20(10)12/h1-6,14-16,19,21H. The number of hydrogen-bond acceptors (Lipinski definition) is 6. The van der Waals surface area contributed by atoms with Gasteiger partial charge in [-0.3, -0.25) is 10.5 Å². The van der Waals surface area contributed by atoms with Crippen molar-refractivity contribution in [1.29, 1.82) is 5.41 Å². The van der Waals surface area contributed by atoms with E-state index in [2.05, 4.69) is 25.9 Å². The third-order valence-electron chi connectivity index (χ3n) is 3.28. The molecule has 4 rings (SSSR count). The second-order valence-corrected chi connectivity index (χ2v) is 4.60. The van der Waals surface area contributed by atoms with Crippen molar-refractivity contribution in [3.05, 3.63) is 46.5 Å². The Bertz CT molecular complexity index is 1000. The first-order valence-electron chi connectivity index (χ1n) is 6.27. The van der Waals surface area contributed by atoms with Crippen LogP contribution in [0.3, 0.4) is 0 Å². The summed E-state index contributed by atoms with van der Waals surface area (Å²) in [6.45, 7) is 0. The van der Waals surface area contributed by atoms with Crippen molar-refractivity contribution in [3.63, 3.8) is 0 Å². The molecule has 8 nitrogen and oxygen atoms in total. The molecule has 1 aliphatic heterocycles. The number of aliphatic hydroxyl groups excluding tert-OH is 1. The Balaban J connectivity index is 1.99. The highest BCUT2D eigenvalue weighted by Gasteiger charge is 2.15. The lowest BCUT2D eigenvalue weighted by atomic mass is 10.3. The predicted molar refractivity (Wildman–Crippen MR) is 76.6 cm³/mol. The number of nitrogens with zero attached hydrogens (tertiary/aromatic N) is 3. The molecule has 0 radical (unpaired) electrons. The van der Waals surface area contributed by atoms with Gasteiger partial charge in [0.25, 0.3) is 0 Å². The molecule has 0 saturated carbocycles. The summed E-state index contributed by atoms with van der Waals surface area (Å²) in [4.78, 5) is 0. The van der Waals surface area contributed by atoms with Crippen LogP contribution in [0, 0.1) is 5.41 Å². The van der Waals surface area contributed by atoms with Crippen LogP contribution in [0.5, 0.6) is 0 Å². The Hall–Kier alpha value is -3.29. The molecule has 5 N–H and O–H groups in total. The number of anilines is 2. The monoisotopic (exact) mass is 281 g/mol. The van der Waals surface area contributed by atoms with E-state index in [0.29, 0.717) is 22.2 Å². The normalized spacial score (nSPS) is 14.1. The summed E-state index contributed by atoms with van der Waals surface area (Å²) in [5.41, 5.74) is 2.44. The summed E-state index contributed by atoms with van der Waals surface area (Å²) in [7, 11) is 0. The molecule has 3 heterocycles. The molecule has 0 amide bonds. The van der Waals surface area contributed by atoms with E-state index in [4.69, 9.17) is 10.5 Å². The number of para-hydroxylation sites is 2. The number of nitrogens with one attached hydrogen (secondary N) is 4. The first kappa shape index (κ1) is 11.5. The van der Waals surface area contributed by atoms with Crippen LogP contribution in [0.25, 0.3) is 17.7 Å². The van der Waals surface area contributed by atoms with Gasteiger partial charge in [0, 0.05) is 6.07 Å². The van der Waals surface area contributed by atoms with E-state index in [1.807, 2.05) is 24.3 Å². The molecule has 0 spiro atoms. The van der Waals surface area contributed by atoms with Gasteiger partial charge in [0.2, 0.25) is 0 Å². The molecule has 3 aromatic rings. The third kappa shape index (κ3) is 1.66. The summed E-state index contributed by atoms with van der Waals surface area (Å²) in [6, 6.07) is 9.33. The van der Waals surface area contributed by atoms with Gasteiger partial charge in [-0.05, 0) is 12.1 Å². The number of rotatable bonds is 0. The fourth-order valence-corrected chi connectivity index (χ4v) is 2.28. The molecular formula is C13H11N7O. The Morgan fingerprint density at radius 1 is 1.14 bits per heavy atom. The highest BCUT2D eigenvalue weighted by molar-refractivity contribution is 5.90. The van der Waals surface area contributed by atoms with Crippen LogP contribution >= 0.6 is 0 Å². The molecule has 0 saturated heterocycles. The van der Waals surface area contributed by atoms with Gasteiger partial charge >= 0.3 is 0 Å². The van der Waals surface area contributed by atoms with Gasteiger partial charge in [-0.15, -0.1) is 10.2 Å². The predicted octanol–water partition coefficient (Wildman–Crippen LogP) is -0.564. The van der Waals surface area contributed by atoms with Crippen LogP contribution in [-0.2, 0) is 0 Å². The molecule has 0 aliphatic carbocycles. The van der Waals surface area contributed by atoms with Gasteiger partial charge in [-0.25, -0.2) is 4.52 Å². The third-order valence-corrected chi connectivity index (χ3v) is 3.28. The number of fused-ring (bicyclic) bond motifs is 2. The van der Waals surface area contributed by atoms with Gasteiger partial charge in [0.05, 0.1) is 16.7 Å². The maximum atomic E-state index is 9.02. The van der Waals surface area contributed by atoms with E-state index in [0.717, 1.165) is 17.6 Å². The van der Waals surface area contributed by atoms with Crippen molar-refractivity contribution in [2.75, 3.05) is 10.6 Å². The van der Waals surface area contributed by atoms with Crippen LogP contribution in [0.4, 0.5) is 11.4 Å². The topological polar surface area (TPSA) is 114 Å². The Labute approximate surface area is 117 Å². The van der Waals surface area contributed by atoms with E-state index >= 15 is 0 Å². The number of aromatic nitrogens is 4. The number of aliphatic hydroxyl groups is 1. The summed E-state index contributed by atoms with van der Waals surface area (Å²) in [5, 5.41) is 35.4. The zero-order valence-corrected chi connectivity index (χ0v) is 10.8. The molecule has 104 valence electrons. The molecule has 1 aliphatic rings. The summed E-state index contributed by atoms with van der Waals surface area (Å²) in [6.07, 6.45) is 0.920. The molecule has 0 unspecified atom stereocenters. The fourth-order valence-electron chi connectivity index (χ4n) is 2.28. The number of benzene rings is 1. The average Bonchev–Trinajstić information content (AvgIpc) is 3.11. The first-order valence-corrected chi connectivity index (χ1v) is 6.27. The minimum absolute atomic E-state index is 0.135. The van der Waals surface area contributed by atoms with Crippen LogP contribution < -0.4 is 26.8 Å². The smallest absolute Gasteiger partial charge is 0.178 e. The van der Waals surface area contributed by atoms with Crippen molar-refractivity contribution in [2.45, 2.75) is 0 Å². The van der Waals surface area contributed by atoms with Crippen LogP contribution in [0.1, 0.15) is 0 Å². The Kier molecular flexibility index (Phi) is 2.25. The number of aromatic amines is 1. The average molecular weight is 281 g/mol. The number of hydrogen-bond donors (Lipinski definition) is 5. The van der Waals surface area contributed by atoms with Crippen molar-refractivity contribution in [2.24, 2.45) is 0 Å². The van der Waals surface area contributed by atoms with Crippen LogP contribution in [0.15, 0.2) is 30.3 Å². The highest BCUT2D eigenvalue weighted by Crippen LogP contribution is 2.29. The van der Waals surface area contributed by atoms with Crippen molar-refractivity contribution >= 4 is 29.1 Å². The first-order chi connectivity index (χ1) is 10.3. The lowest BCUT2D eigenvalue weighted by Crippen LogP contribution is -2.39. The minimum atomic E-state index is 0.135. The quantitative estimate of drug-likeness (QED) is 0.379. The van der Waals surface area contributed by atoms with Crippen molar-refractivity contribution in [1.82, 2.24) is 19.8 Å². The molecule has 2 aromatic heterocycles. The van der Waals surface area contributed by atoms with E-state index in [1.165, 1.54) is 4.52 Å². The minimum Gasteiger partial charge on any atom is -0.513 e. The van der Waals surface area contributed by atoms with E-state index in [9.17, 15) is 0 Å². The maximum Gasteiger partial charge on any atom is 0.178 e. The second-order valence-electron chi connectivity index (χ2n) is 4.60. The zero-order chi connectivity index (χ0) is 14.4. The number of H-pyrrole nitrogens is 1. The Morgan fingerprint density at radius 3 is 2.52 bits per heavy atom. The zero-order valence-electron chi connectivity index (χ0n) is 10.8. The van der Waals surface area contributed by atoms with E-state index in [-0.39, 0.29) is 5.49 Å². The molecule has 21 heavy (non-hydrogen) atoms. The lowest BCUT2D eigenvalue weighted by Gasteiger charge is -1.99. The molecule has 1 aromatic carbocycles. The molecule has 0 bridgehead atoms. The van der Waals surface area contributed by atoms with Crippen molar-refractivity contribution in [3.8, 4) is 0 Å². The van der Waals surface area contributed by atoms with Crippen LogP contribution in [-0.4, -0.2) is 24.9 Å². The van der Waals surface area contributed by atoms with Gasteiger partial charge in [0.15, 0.2) is 16.5 Å². The SMILES string of the molecule is N=c1c(=C2Nc3ccccc3N2)nnc2cc(=CO)[nH]n12. The van der Waals surface area contributed by atoms with E-state index < -0.39 is 0 Å². The molecule has 0 fully saturated rings. The largest absolute Gasteiger partial charge is 0.513 e. The summed E-state index contributed by atoms with van der Waals surface area (Å²) >= 11 is 0. The molecule has 8 heteroatoms. The summed E-state index contributed by atoms with van der Waals surface area (Å²) in [5.74, 6) is 0.604. The second kappa shape index (κ2) is 4.10. The molecule has 0 atom stereocenters. The highest BCUT2D eigenvalue weighted by atomic mass is 16.2. The van der Waals surface area contributed by atoms with Gasteiger partial charge in [0.1, 0.15) is 12.1 Å². The summed E-state index contributed by atoms with van der Waals surface area (Å²) < 4.78 is 1.45. The van der Waals surface area contributed by atoms with Gasteiger partial charge < -0.3 is 15.7 Å². The maximum absolute atomic E-state index is 9.02. The Morgan fingerprint density at radius 2 is 1.86 bits per heavy atom. The van der Waals surface area contributed by atoms with Gasteiger partial charge in [-0.1, -0.05) is 12.1 Å². The molecular weight excluding hydrogens is 270 g/mol. The van der Waals surface area contributed by atoms with Gasteiger partial charge in [-0.2, -0.15) is 0 Å². The fraction of sp³-hybridized carbons (Fsp3) is 0. The van der Waals surface area contributed by atoms with E-state index in [1.54, 1.807) is 6.07 Å².